The molecule has 0 fully saturated rings. The van der Waals surface area contributed by atoms with Crippen molar-refractivity contribution >= 4 is 46.1 Å². The van der Waals surface area contributed by atoms with E-state index in [9.17, 15) is 14.4 Å². The minimum absolute atomic E-state index is 0.153. The number of hydrogen-bond acceptors (Lipinski definition) is 5. The molecule has 0 spiro atoms. The molecule has 0 radical (unpaired) electrons. The standard InChI is InChI=1S/C22H21Cl2N3O4/c1-22(2,3)31-18(28)12-27-19-15(17(24)8-9-25-19)10-16(21(27)30)20(29)26-11-13-4-6-14(23)7-5-13/h4-10H,11-12H2,1-3H3,(H,26,29). The highest BCUT2D eigenvalue weighted by atomic mass is 35.5. The van der Waals surface area contributed by atoms with Crippen molar-refractivity contribution in [3.63, 3.8) is 0 Å². The summed E-state index contributed by atoms with van der Waals surface area (Å²) in [5.74, 6) is -1.23. The monoisotopic (exact) mass is 461 g/mol. The van der Waals surface area contributed by atoms with Crippen molar-refractivity contribution in [1.29, 1.82) is 0 Å². The van der Waals surface area contributed by atoms with Crippen LogP contribution in [0.3, 0.4) is 0 Å². The van der Waals surface area contributed by atoms with E-state index >= 15 is 0 Å². The highest BCUT2D eigenvalue weighted by Crippen LogP contribution is 2.21. The molecule has 0 aliphatic heterocycles. The van der Waals surface area contributed by atoms with Gasteiger partial charge in [-0.1, -0.05) is 35.3 Å². The van der Waals surface area contributed by atoms with Gasteiger partial charge in [0.15, 0.2) is 0 Å². The van der Waals surface area contributed by atoms with Crippen LogP contribution >= 0.6 is 23.2 Å². The molecule has 2 aromatic heterocycles. The number of nitrogens with one attached hydrogen (secondary N) is 1. The number of esters is 1. The molecule has 31 heavy (non-hydrogen) atoms. The van der Waals surface area contributed by atoms with Crippen molar-refractivity contribution in [1.82, 2.24) is 14.9 Å². The normalized spacial score (nSPS) is 11.4. The first-order valence-corrected chi connectivity index (χ1v) is 10.2. The van der Waals surface area contributed by atoms with Crippen molar-refractivity contribution in [2.75, 3.05) is 0 Å². The lowest BCUT2D eigenvalue weighted by atomic mass is 10.1. The van der Waals surface area contributed by atoms with Crippen molar-refractivity contribution in [3.05, 3.63) is 74.1 Å². The van der Waals surface area contributed by atoms with Crippen molar-refractivity contribution < 1.29 is 14.3 Å². The number of aromatic nitrogens is 2. The lowest BCUT2D eigenvalue weighted by Gasteiger charge is -2.20. The fourth-order valence-electron chi connectivity index (χ4n) is 2.93. The van der Waals surface area contributed by atoms with Gasteiger partial charge < -0.3 is 10.1 Å². The van der Waals surface area contributed by atoms with Gasteiger partial charge in [0.2, 0.25) is 0 Å². The number of halogens is 2. The zero-order valence-corrected chi connectivity index (χ0v) is 18.8. The minimum Gasteiger partial charge on any atom is -0.459 e. The van der Waals surface area contributed by atoms with Crippen LogP contribution in [0.2, 0.25) is 10.0 Å². The summed E-state index contributed by atoms with van der Waals surface area (Å²) >= 11 is 12.1. The quantitative estimate of drug-likeness (QED) is 0.580. The maximum absolute atomic E-state index is 13.1. The maximum atomic E-state index is 13.1. The van der Waals surface area contributed by atoms with Crippen LogP contribution < -0.4 is 10.9 Å². The molecule has 162 valence electrons. The fourth-order valence-corrected chi connectivity index (χ4v) is 3.25. The molecule has 9 heteroatoms. The molecule has 7 nitrogen and oxygen atoms in total. The molecule has 1 amide bonds. The molecule has 0 bridgehead atoms. The number of amides is 1. The predicted molar refractivity (Wildman–Crippen MR) is 119 cm³/mol. The second-order valence-electron chi connectivity index (χ2n) is 7.87. The lowest BCUT2D eigenvalue weighted by Crippen LogP contribution is -2.36. The summed E-state index contributed by atoms with van der Waals surface area (Å²) < 4.78 is 6.42. The van der Waals surface area contributed by atoms with Gasteiger partial charge in [0.25, 0.3) is 11.5 Å². The van der Waals surface area contributed by atoms with E-state index in [-0.39, 0.29) is 17.8 Å². The third kappa shape index (κ3) is 5.62. The number of nitrogens with zero attached hydrogens (tertiary/aromatic N) is 2. The van der Waals surface area contributed by atoms with Crippen LogP contribution in [0.15, 0.2) is 47.4 Å². The summed E-state index contributed by atoms with van der Waals surface area (Å²) in [5, 5.41) is 3.96. The van der Waals surface area contributed by atoms with E-state index in [2.05, 4.69) is 10.3 Å². The third-order valence-corrected chi connectivity index (χ3v) is 4.84. The van der Waals surface area contributed by atoms with Gasteiger partial charge in [-0.15, -0.1) is 0 Å². The molecule has 0 saturated carbocycles. The van der Waals surface area contributed by atoms with E-state index in [1.165, 1.54) is 12.3 Å². The average Bonchev–Trinajstić information content (AvgIpc) is 2.68. The topological polar surface area (TPSA) is 90.3 Å². The van der Waals surface area contributed by atoms with Gasteiger partial charge in [-0.05, 0) is 50.6 Å². The second kappa shape index (κ2) is 9.08. The Morgan fingerprint density at radius 3 is 2.45 bits per heavy atom. The molecule has 2 heterocycles. The van der Waals surface area contributed by atoms with Gasteiger partial charge in [0.05, 0.1) is 5.02 Å². The average molecular weight is 462 g/mol. The Kier molecular flexibility index (Phi) is 6.67. The number of carbonyl (C=O) groups is 2. The first-order chi connectivity index (χ1) is 14.5. The zero-order valence-electron chi connectivity index (χ0n) is 17.2. The van der Waals surface area contributed by atoms with Crippen molar-refractivity contribution in [3.8, 4) is 0 Å². The smallest absolute Gasteiger partial charge is 0.326 e. The van der Waals surface area contributed by atoms with E-state index < -0.39 is 29.6 Å². The molecule has 1 aromatic carbocycles. The van der Waals surface area contributed by atoms with Gasteiger partial charge >= 0.3 is 5.97 Å². The van der Waals surface area contributed by atoms with Crippen molar-refractivity contribution in [2.45, 2.75) is 39.5 Å². The summed E-state index contributed by atoms with van der Waals surface area (Å²) in [4.78, 5) is 42.4. The number of rotatable bonds is 5. The van der Waals surface area contributed by atoms with Crippen LogP contribution in [0, 0.1) is 0 Å². The molecular weight excluding hydrogens is 441 g/mol. The number of benzene rings is 1. The Hall–Kier alpha value is -2.90. The first kappa shape index (κ1) is 22.8. The Balaban J connectivity index is 1.97. The molecule has 3 rings (SSSR count). The Morgan fingerprint density at radius 2 is 1.81 bits per heavy atom. The van der Waals surface area contributed by atoms with E-state index in [1.807, 2.05) is 0 Å². The summed E-state index contributed by atoms with van der Waals surface area (Å²) in [6.45, 7) is 4.96. The Morgan fingerprint density at radius 1 is 1.13 bits per heavy atom. The number of carbonyl (C=O) groups excluding carboxylic acids is 2. The molecule has 0 atom stereocenters. The maximum Gasteiger partial charge on any atom is 0.326 e. The molecule has 0 saturated heterocycles. The summed E-state index contributed by atoms with van der Waals surface area (Å²) in [7, 11) is 0. The van der Waals surface area contributed by atoms with Gasteiger partial charge in [-0.2, -0.15) is 0 Å². The highest BCUT2D eigenvalue weighted by Gasteiger charge is 2.22. The van der Waals surface area contributed by atoms with Gasteiger partial charge in [-0.3, -0.25) is 19.0 Å². The molecule has 0 aliphatic rings. The Labute approximate surface area is 188 Å². The van der Waals surface area contributed by atoms with Crippen LogP contribution in [0.1, 0.15) is 36.7 Å². The number of ether oxygens (including phenoxy) is 1. The summed E-state index contributed by atoms with van der Waals surface area (Å²) in [6, 6.07) is 9.88. The van der Waals surface area contributed by atoms with E-state index in [0.717, 1.165) is 10.1 Å². The molecule has 3 aromatic rings. The van der Waals surface area contributed by atoms with E-state index in [4.69, 9.17) is 27.9 Å². The number of pyridine rings is 2. The highest BCUT2D eigenvalue weighted by molar-refractivity contribution is 6.35. The van der Waals surface area contributed by atoms with Crippen molar-refractivity contribution in [2.24, 2.45) is 0 Å². The molecule has 0 aliphatic carbocycles. The minimum atomic E-state index is -0.727. The summed E-state index contributed by atoms with van der Waals surface area (Å²) in [5.41, 5.74) is -0.540. The molecule has 0 unspecified atom stereocenters. The third-order valence-electron chi connectivity index (χ3n) is 4.25. The second-order valence-corrected chi connectivity index (χ2v) is 8.72. The number of fused-ring (bicyclic) bond motifs is 1. The van der Waals surface area contributed by atoms with Crippen LogP contribution in [0.25, 0.3) is 11.0 Å². The van der Waals surface area contributed by atoms with Gasteiger partial charge in [0, 0.05) is 23.2 Å². The van der Waals surface area contributed by atoms with Crippen LogP contribution in [0.5, 0.6) is 0 Å². The first-order valence-electron chi connectivity index (χ1n) is 9.48. The van der Waals surface area contributed by atoms with Crippen LogP contribution in [-0.2, 0) is 22.6 Å². The van der Waals surface area contributed by atoms with Crippen LogP contribution in [0.4, 0.5) is 0 Å². The summed E-state index contributed by atoms with van der Waals surface area (Å²) in [6.07, 6.45) is 1.43. The number of hydrogen-bond donors (Lipinski definition) is 1. The molecular formula is C22H21Cl2N3O4. The zero-order chi connectivity index (χ0) is 22.8. The van der Waals surface area contributed by atoms with Gasteiger partial charge in [0.1, 0.15) is 23.4 Å². The largest absolute Gasteiger partial charge is 0.459 e. The fraction of sp³-hybridized carbons (Fsp3) is 0.273. The van der Waals surface area contributed by atoms with Crippen LogP contribution in [-0.4, -0.2) is 27.0 Å². The SMILES string of the molecule is CC(C)(C)OC(=O)Cn1c(=O)c(C(=O)NCc2ccc(Cl)cc2)cc2c(Cl)ccnc21. The van der Waals surface area contributed by atoms with E-state index in [0.29, 0.717) is 15.4 Å². The lowest BCUT2D eigenvalue weighted by molar-refractivity contribution is -0.155. The Bertz CT molecular complexity index is 1200. The van der Waals surface area contributed by atoms with Gasteiger partial charge in [-0.25, -0.2) is 4.98 Å². The van der Waals surface area contributed by atoms with E-state index in [1.54, 1.807) is 51.1 Å². The predicted octanol–water partition coefficient (Wildman–Crippen LogP) is 3.98. The molecule has 1 N–H and O–H groups in total.